The summed E-state index contributed by atoms with van der Waals surface area (Å²) in [7, 11) is 0. The molecule has 1 aromatic rings. The molecule has 0 saturated heterocycles. The monoisotopic (exact) mass is 294 g/mol. The predicted octanol–water partition coefficient (Wildman–Crippen LogP) is 0.757. The summed E-state index contributed by atoms with van der Waals surface area (Å²) in [6.07, 6.45) is 5.79. The van der Waals surface area contributed by atoms with E-state index < -0.39 is 0 Å². The van der Waals surface area contributed by atoms with E-state index in [0.29, 0.717) is 19.1 Å². The highest BCUT2D eigenvalue weighted by molar-refractivity contribution is 5.78. The summed E-state index contributed by atoms with van der Waals surface area (Å²) in [6.45, 7) is 5.13. The van der Waals surface area contributed by atoms with Crippen molar-refractivity contribution in [1.29, 1.82) is 0 Å². The minimum Gasteiger partial charge on any atom is -0.394 e. The number of carbonyl (C=O) groups excluding carboxylic acids is 1. The number of aromatic nitrogens is 2. The van der Waals surface area contributed by atoms with Crippen LogP contribution in [0.25, 0.3) is 0 Å². The lowest BCUT2D eigenvalue weighted by atomic mass is 9.93. The zero-order valence-corrected chi connectivity index (χ0v) is 12.9. The first kappa shape index (κ1) is 16.0. The van der Waals surface area contributed by atoms with Gasteiger partial charge in [-0.15, -0.1) is 0 Å². The molecular weight excluding hydrogens is 268 g/mol. The van der Waals surface area contributed by atoms with Crippen molar-refractivity contribution >= 4 is 5.91 Å². The van der Waals surface area contributed by atoms with E-state index in [1.165, 1.54) is 0 Å². The Morgan fingerprint density at radius 1 is 1.62 bits per heavy atom. The molecule has 2 unspecified atom stereocenters. The second-order valence-electron chi connectivity index (χ2n) is 5.70. The Morgan fingerprint density at radius 3 is 3.14 bits per heavy atom. The lowest BCUT2D eigenvalue weighted by molar-refractivity contribution is -0.121. The smallest absolute Gasteiger partial charge is 0.234 e. The Hall–Kier alpha value is -1.40. The molecule has 0 aromatic carbocycles. The first-order valence-corrected chi connectivity index (χ1v) is 7.83. The molecule has 0 fully saturated rings. The van der Waals surface area contributed by atoms with Gasteiger partial charge in [0, 0.05) is 17.3 Å². The van der Waals surface area contributed by atoms with Gasteiger partial charge in [0.25, 0.3) is 0 Å². The predicted molar refractivity (Wildman–Crippen MR) is 80.9 cm³/mol. The molecule has 2 rings (SSSR count). The maximum atomic E-state index is 12.0. The first-order valence-electron chi connectivity index (χ1n) is 7.83. The number of nitrogens with one attached hydrogen (secondary N) is 2. The molecule has 6 heteroatoms. The quantitative estimate of drug-likeness (QED) is 0.693. The van der Waals surface area contributed by atoms with Crippen LogP contribution < -0.4 is 10.6 Å². The number of hydrogen-bond acceptors (Lipinski definition) is 4. The van der Waals surface area contributed by atoms with Crippen LogP contribution in [0.3, 0.4) is 0 Å². The van der Waals surface area contributed by atoms with E-state index in [0.717, 1.165) is 36.9 Å². The molecule has 1 aromatic heterocycles. The Morgan fingerprint density at radius 2 is 2.43 bits per heavy atom. The molecule has 1 aliphatic carbocycles. The maximum Gasteiger partial charge on any atom is 0.234 e. The third-order valence-electron chi connectivity index (χ3n) is 4.13. The molecule has 0 radical (unpaired) electrons. The SMILES string of the molecule is CCC(C)NCC(=O)NC1CCCc2c1cnn2CCO. The Labute approximate surface area is 125 Å². The van der Waals surface area contributed by atoms with Crippen molar-refractivity contribution in [2.75, 3.05) is 13.2 Å². The van der Waals surface area contributed by atoms with Gasteiger partial charge in [0.05, 0.1) is 31.9 Å². The summed E-state index contributed by atoms with van der Waals surface area (Å²) in [5, 5.41) is 19.7. The number of amides is 1. The van der Waals surface area contributed by atoms with E-state index in [1.807, 2.05) is 10.9 Å². The molecule has 0 bridgehead atoms. The molecule has 2 atom stereocenters. The highest BCUT2D eigenvalue weighted by Gasteiger charge is 2.25. The number of nitrogens with zero attached hydrogens (tertiary/aromatic N) is 2. The topological polar surface area (TPSA) is 79.2 Å². The fourth-order valence-corrected chi connectivity index (χ4v) is 2.71. The molecule has 21 heavy (non-hydrogen) atoms. The molecular formula is C15H26N4O2. The van der Waals surface area contributed by atoms with E-state index in [-0.39, 0.29) is 18.6 Å². The molecule has 1 heterocycles. The lowest BCUT2D eigenvalue weighted by Crippen LogP contribution is -2.40. The molecule has 0 spiro atoms. The third kappa shape index (κ3) is 4.04. The fourth-order valence-electron chi connectivity index (χ4n) is 2.71. The number of aliphatic hydroxyl groups excluding tert-OH is 1. The lowest BCUT2D eigenvalue weighted by Gasteiger charge is -2.24. The number of hydrogen-bond donors (Lipinski definition) is 3. The standard InChI is InChI=1S/C15H26N4O2/c1-3-11(2)16-10-15(21)18-13-5-4-6-14-12(13)9-17-19(14)7-8-20/h9,11,13,16,20H,3-8,10H2,1-2H3,(H,18,21). The summed E-state index contributed by atoms with van der Waals surface area (Å²) < 4.78 is 1.85. The summed E-state index contributed by atoms with van der Waals surface area (Å²) in [4.78, 5) is 12.0. The summed E-state index contributed by atoms with van der Waals surface area (Å²) in [5.41, 5.74) is 2.25. The van der Waals surface area contributed by atoms with Crippen molar-refractivity contribution in [3.63, 3.8) is 0 Å². The van der Waals surface area contributed by atoms with Crippen molar-refractivity contribution in [3.05, 3.63) is 17.5 Å². The summed E-state index contributed by atoms with van der Waals surface area (Å²) in [6, 6.07) is 0.400. The van der Waals surface area contributed by atoms with Gasteiger partial charge in [-0.2, -0.15) is 5.10 Å². The number of aliphatic hydroxyl groups is 1. The van der Waals surface area contributed by atoms with Gasteiger partial charge < -0.3 is 15.7 Å². The van der Waals surface area contributed by atoms with Crippen LogP contribution in [0.1, 0.15) is 50.4 Å². The highest BCUT2D eigenvalue weighted by Crippen LogP contribution is 2.29. The molecule has 0 saturated carbocycles. The minimum absolute atomic E-state index is 0.0306. The van der Waals surface area contributed by atoms with Crippen molar-refractivity contribution in [1.82, 2.24) is 20.4 Å². The maximum absolute atomic E-state index is 12.0. The van der Waals surface area contributed by atoms with Crippen molar-refractivity contribution in [3.8, 4) is 0 Å². The minimum atomic E-state index is 0.0306. The molecule has 1 aliphatic rings. The Balaban J connectivity index is 1.95. The Bertz CT molecular complexity index is 472. The molecule has 3 N–H and O–H groups in total. The van der Waals surface area contributed by atoms with Crippen LogP contribution in [0.15, 0.2) is 6.20 Å². The van der Waals surface area contributed by atoms with Crippen LogP contribution >= 0.6 is 0 Å². The van der Waals surface area contributed by atoms with E-state index in [2.05, 4.69) is 29.6 Å². The summed E-state index contributed by atoms with van der Waals surface area (Å²) >= 11 is 0. The van der Waals surface area contributed by atoms with Crippen molar-refractivity contribution < 1.29 is 9.90 Å². The average molecular weight is 294 g/mol. The van der Waals surface area contributed by atoms with E-state index in [9.17, 15) is 4.79 Å². The van der Waals surface area contributed by atoms with E-state index in [4.69, 9.17) is 5.11 Å². The van der Waals surface area contributed by atoms with Gasteiger partial charge in [0.1, 0.15) is 0 Å². The zero-order chi connectivity index (χ0) is 15.2. The number of carbonyl (C=O) groups is 1. The van der Waals surface area contributed by atoms with Gasteiger partial charge >= 0.3 is 0 Å². The average Bonchev–Trinajstić information content (AvgIpc) is 2.89. The second kappa shape index (κ2) is 7.56. The van der Waals surface area contributed by atoms with Crippen LogP contribution in [0, 0.1) is 0 Å². The Kier molecular flexibility index (Phi) is 5.76. The van der Waals surface area contributed by atoms with Gasteiger partial charge in [0.15, 0.2) is 0 Å². The van der Waals surface area contributed by atoms with E-state index in [1.54, 1.807) is 0 Å². The third-order valence-corrected chi connectivity index (χ3v) is 4.13. The molecule has 6 nitrogen and oxygen atoms in total. The van der Waals surface area contributed by atoms with Gasteiger partial charge in [0.2, 0.25) is 5.91 Å². The largest absolute Gasteiger partial charge is 0.394 e. The number of rotatable bonds is 7. The van der Waals surface area contributed by atoms with E-state index >= 15 is 0 Å². The normalized spacial score (nSPS) is 19.1. The summed E-state index contributed by atoms with van der Waals surface area (Å²) in [5.74, 6) is 0.0306. The fraction of sp³-hybridized carbons (Fsp3) is 0.733. The van der Waals surface area contributed by atoms with Crippen molar-refractivity contribution in [2.45, 2.75) is 58.2 Å². The molecule has 0 aliphatic heterocycles. The van der Waals surface area contributed by atoms with Crippen LogP contribution in [-0.2, 0) is 17.8 Å². The highest BCUT2D eigenvalue weighted by atomic mass is 16.3. The van der Waals surface area contributed by atoms with Crippen LogP contribution in [0.2, 0.25) is 0 Å². The molecule has 118 valence electrons. The van der Waals surface area contributed by atoms with Crippen LogP contribution in [-0.4, -0.2) is 40.0 Å². The first-order chi connectivity index (χ1) is 10.2. The zero-order valence-electron chi connectivity index (χ0n) is 12.9. The second-order valence-corrected chi connectivity index (χ2v) is 5.70. The van der Waals surface area contributed by atoms with Gasteiger partial charge in [-0.1, -0.05) is 6.92 Å². The van der Waals surface area contributed by atoms with Crippen molar-refractivity contribution in [2.24, 2.45) is 0 Å². The van der Waals surface area contributed by atoms with Crippen LogP contribution in [0.5, 0.6) is 0 Å². The van der Waals surface area contributed by atoms with Crippen LogP contribution in [0.4, 0.5) is 0 Å². The van der Waals surface area contributed by atoms with Gasteiger partial charge in [-0.3, -0.25) is 9.48 Å². The van der Waals surface area contributed by atoms with Gasteiger partial charge in [-0.25, -0.2) is 0 Å². The number of fused-ring (bicyclic) bond motifs is 1. The van der Waals surface area contributed by atoms with Gasteiger partial charge in [-0.05, 0) is 32.6 Å². The molecule has 1 amide bonds.